The van der Waals surface area contributed by atoms with Crippen LogP contribution in [-0.4, -0.2) is 36.2 Å². The van der Waals surface area contributed by atoms with Crippen molar-refractivity contribution in [2.75, 3.05) is 17.3 Å². The van der Waals surface area contributed by atoms with Gasteiger partial charge in [0.05, 0.1) is 5.92 Å². The van der Waals surface area contributed by atoms with Crippen LogP contribution in [0.3, 0.4) is 0 Å². The van der Waals surface area contributed by atoms with Crippen LogP contribution in [0.15, 0.2) is 42.5 Å². The van der Waals surface area contributed by atoms with Gasteiger partial charge in [0.15, 0.2) is 6.10 Å². The number of Topliss-reactive ketones (excluding diaryl/α,β-unsaturated/α-hetero) is 1. The monoisotopic (exact) mass is 475 g/mol. The van der Waals surface area contributed by atoms with E-state index in [-0.39, 0.29) is 37.0 Å². The van der Waals surface area contributed by atoms with Crippen molar-refractivity contribution >= 4 is 46.5 Å². The van der Waals surface area contributed by atoms with Crippen LogP contribution in [0.1, 0.15) is 48.2 Å². The summed E-state index contributed by atoms with van der Waals surface area (Å²) < 4.78 is 5.58. The van der Waals surface area contributed by atoms with Crippen molar-refractivity contribution in [3.8, 4) is 0 Å². The molecule has 1 aliphatic rings. The molecule has 1 heterocycles. The highest BCUT2D eigenvalue weighted by Gasteiger charge is 2.39. The summed E-state index contributed by atoms with van der Waals surface area (Å²) in [4.78, 5) is 40.3. The standard InChI is InChI=1S/C25H27Cl2NO4/c1-3-16-6-5-7-17(4-2)23(16)28-15-19(14-22(28)29)25(31)32-21(12-13-26)24(30)18-8-10-20(27)11-9-18/h5-11,19,21H,3-4,12-15H2,1-2H3/t19-,21+/m0/s1. The molecule has 0 spiro atoms. The Morgan fingerprint density at radius 2 is 1.72 bits per heavy atom. The molecule has 1 aliphatic heterocycles. The molecule has 7 heteroatoms. The van der Waals surface area contributed by atoms with Crippen molar-refractivity contribution in [3.05, 3.63) is 64.2 Å². The molecule has 1 fully saturated rings. The molecule has 32 heavy (non-hydrogen) atoms. The van der Waals surface area contributed by atoms with E-state index in [9.17, 15) is 14.4 Å². The minimum atomic E-state index is -1.00. The number of halogens is 2. The molecule has 0 saturated carbocycles. The highest BCUT2D eigenvalue weighted by molar-refractivity contribution is 6.30. The zero-order valence-electron chi connectivity index (χ0n) is 18.3. The van der Waals surface area contributed by atoms with Gasteiger partial charge >= 0.3 is 5.97 Å². The normalized spacial score (nSPS) is 16.8. The Morgan fingerprint density at radius 3 is 2.28 bits per heavy atom. The summed E-state index contributed by atoms with van der Waals surface area (Å²) in [7, 11) is 0. The lowest BCUT2D eigenvalue weighted by molar-refractivity contribution is -0.151. The number of hydrogen-bond donors (Lipinski definition) is 0. The average molecular weight is 476 g/mol. The molecule has 0 radical (unpaired) electrons. The minimum Gasteiger partial charge on any atom is -0.454 e. The van der Waals surface area contributed by atoms with Gasteiger partial charge in [0.1, 0.15) is 0 Å². The molecule has 0 aliphatic carbocycles. The highest BCUT2D eigenvalue weighted by Crippen LogP contribution is 2.33. The van der Waals surface area contributed by atoms with E-state index in [1.807, 2.05) is 32.0 Å². The summed E-state index contributed by atoms with van der Waals surface area (Å²) in [5, 5.41) is 0.510. The van der Waals surface area contributed by atoms with Crippen LogP contribution in [0.4, 0.5) is 5.69 Å². The fourth-order valence-electron chi connectivity index (χ4n) is 4.02. The smallest absolute Gasteiger partial charge is 0.312 e. The number of nitrogens with zero attached hydrogens (tertiary/aromatic N) is 1. The number of alkyl halides is 1. The van der Waals surface area contributed by atoms with Gasteiger partial charge in [0, 0.05) is 41.5 Å². The summed E-state index contributed by atoms with van der Waals surface area (Å²) in [6, 6.07) is 12.4. The number of carbonyl (C=O) groups is 3. The van der Waals surface area contributed by atoms with Crippen molar-refractivity contribution in [3.63, 3.8) is 0 Å². The van der Waals surface area contributed by atoms with E-state index in [0.29, 0.717) is 10.6 Å². The lowest BCUT2D eigenvalue weighted by Crippen LogP contribution is -2.33. The van der Waals surface area contributed by atoms with Gasteiger partial charge in [0.25, 0.3) is 0 Å². The van der Waals surface area contributed by atoms with E-state index >= 15 is 0 Å². The van der Waals surface area contributed by atoms with Gasteiger partial charge in [-0.1, -0.05) is 43.6 Å². The van der Waals surface area contributed by atoms with Gasteiger partial charge in [-0.05, 0) is 48.2 Å². The van der Waals surface area contributed by atoms with Crippen LogP contribution in [0.5, 0.6) is 0 Å². The third-order valence-corrected chi connectivity index (χ3v) is 6.21. The molecule has 2 aromatic rings. The van der Waals surface area contributed by atoms with E-state index in [1.54, 1.807) is 29.2 Å². The summed E-state index contributed by atoms with van der Waals surface area (Å²) in [5.41, 5.74) is 3.44. The maximum atomic E-state index is 12.9. The van der Waals surface area contributed by atoms with E-state index in [4.69, 9.17) is 27.9 Å². The number of aryl methyl sites for hydroxylation is 2. The average Bonchev–Trinajstić information content (AvgIpc) is 3.19. The summed E-state index contributed by atoms with van der Waals surface area (Å²) in [5.74, 6) is -1.46. The SMILES string of the molecule is CCc1cccc(CC)c1N1C[C@@H](C(=O)O[C@H](CCCl)C(=O)c2ccc(Cl)cc2)CC1=O. The molecule has 5 nitrogen and oxygen atoms in total. The predicted molar refractivity (Wildman–Crippen MR) is 127 cm³/mol. The number of hydrogen-bond acceptors (Lipinski definition) is 4. The quantitative estimate of drug-likeness (QED) is 0.282. The number of para-hydroxylation sites is 1. The minimum absolute atomic E-state index is 0.0583. The Kier molecular flexibility index (Phi) is 8.32. The number of carbonyl (C=O) groups excluding carboxylic acids is 3. The highest BCUT2D eigenvalue weighted by atomic mass is 35.5. The van der Waals surface area contributed by atoms with Gasteiger partial charge in [-0.25, -0.2) is 0 Å². The fraction of sp³-hybridized carbons (Fsp3) is 0.400. The second kappa shape index (κ2) is 11.0. The van der Waals surface area contributed by atoms with Crippen LogP contribution in [-0.2, 0) is 27.2 Å². The molecule has 2 aromatic carbocycles. The molecule has 0 unspecified atom stereocenters. The molecular formula is C25H27Cl2NO4. The van der Waals surface area contributed by atoms with Crippen LogP contribution in [0, 0.1) is 5.92 Å². The first-order chi connectivity index (χ1) is 15.4. The van der Waals surface area contributed by atoms with E-state index in [1.165, 1.54) is 0 Å². The molecule has 1 saturated heterocycles. The first-order valence-electron chi connectivity index (χ1n) is 10.9. The van der Waals surface area contributed by atoms with Gasteiger partial charge in [-0.2, -0.15) is 0 Å². The molecule has 0 bridgehead atoms. The number of benzene rings is 2. The number of esters is 1. The maximum Gasteiger partial charge on any atom is 0.312 e. The van der Waals surface area contributed by atoms with Crippen LogP contribution in [0.2, 0.25) is 5.02 Å². The largest absolute Gasteiger partial charge is 0.454 e. The first-order valence-corrected chi connectivity index (χ1v) is 11.8. The fourth-order valence-corrected chi connectivity index (χ4v) is 4.35. The van der Waals surface area contributed by atoms with Crippen LogP contribution < -0.4 is 4.90 Å². The van der Waals surface area contributed by atoms with Gasteiger partial charge < -0.3 is 9.64 Å². The zero-order valence-corrected chi connectivity index (χ0v) is 19.8. The van der Waals surface area contributed by atoms with Gasteiger partial charge in [-0.15, -0.1) is 11.6 Å². The van der Waals surface area contributed by atoms with E-state index < -0.39 is 18.0 Å². The van der Waals surface area contributed by atoms with Crippen LogP contribution in [0.25, 0.3) is 0 Å². The predicted octanol–water partition coefficient (Wildman–Crippen LogP) is 5.24. The summed E-state index contributed by atoms with van der Waals surface area (Å²) in [6.45, 7) is 4.33. The third kappa shape index (κ3) is 5.33. The van der Waals surface area contributed by atoms with Crippen molar-refractivity contribution in [1.29, 1.82) is 0 Å². The molecule has 0 N–H and O–H groups in total. The van der Waals surface area contributed by atoms with Gasteiger partial charge in [0.2, 0.25) is 11.7 Å². The Morgan fingerprint density at radius 1 is 1.09 bits per heavy atom. The molecule has 0 aromatic heterocycles. The Bertz CT molecular complexity index is 968. The molecule has 170 valence electrons. The number of ketones is 1. The Balaban J connectivity index is 1.76. The van der Waals surface area contributed by atoms with E-state index in [0.717, 1.165) is 29.7 Å². The second-order valence-corrected chi connectivity index (χ2v) is 8.63. The number of ether oxygens (including phenoxy) is 1. The lowest BCUT2D eigenvalue weighted by Gasteiger charge is -2.23. The molecule has 1 amide bonds. The summed E-state index contributed by atoms with van der Waals surface area (Å²) in [6.07, 6.45) is 0.824. The lowest BCUT2D eigenvalue weighted by atomic mass is 10.0. The number of anilines is 1. The first kappa shape index (κ1) is 24.3. The van der Waals surface area contributed by atoms with E-state index in [2.05, 4.69) is 0 Å². The molecule has 3 rings (SSSR count). The maximum absolute atomic E-state index is 12.9. The third-order valence-electron chi connectivity index (χ3n) is 5.74. The number of rotatable bonds is 9. The zero-order chi connectivity index (χ0) is 23.3. The molecular weight excluding hydrogens is 449 g/mol. The van der Waals surface area contributed by atoms with Crippen molar-refractivity contribution < 1.29 is 19.1 Å². The van der Waals surface area contributed by atoms with Crippen molar-refractivity contribution in [1.82, 2.24) is 0 Å². The van der Waals surface area contributed by atoms with Crippen molar-refractivity contribution in [2.24, 2.45) is 5.92 Å². The number of amides is 1. The summed E-state index contributed by atoms with van der Waals surface area (Å²) >= 11 is 11.8. The topological polar surface area (TPSA) is 63.7 Å². The van der Waals surface area contributed by atoms with Gasteiger partial charge in [-0.3, -0.25) is 14.4 Å². The Labute approximate surface area is 198 Å². The second-order valence-electron chi connectivity index (χ2n) is 7.81. The van der Waals surface area contributed by atoms with Crippen LogP contribution >= 0.6 is 23.2 Å². The Hall–Kier alpha value is -2.37. The molecule has 2 atom stereocenters. The van der Waals surface area contributed by atoms with Crippen molar-refractivity contribution in [2.45, 2.75) is 45.6 Å².